The summed E-state index contributed by atoms with van der Waals surface area (Å²) in [4.78, 5) is 32.4. The molecule has 2 aliphatic heterocycles. The van der Waals surface area contributed by atoms with Crippen LogP contribution in [0.15, 0.2) is 161 Å². The molecule has 0 saturated carbocycles. The molecule has 0 radical (unpaired) electrons. The number of aliphatic hydroxyl groups is 1. The maximum atomic E-state index is 13.8. The number of carbonyl (C=O) groups is 1. The van der Waals surface area contributed by atoms with Crippen molar-refractivity contribution in [3.8, 4) is 11.1 Å². The number of aryl methyl sites for hydroxylation is 1. The molecule has 1 aromatic heterocycles. The summed E-state index contributed by atoms with van der Waals surface area (Å²) >= 11 is 0. The maximum absolute atomic E-state index is 13.8. The Labute approximate surface area is 391 Å². The lowest BCUT2D eigenvalue weighted by molar-refractivity contribution is -0.276. The number of sulfonamides is 1. The smallest absolute Gasteiger partial charge is 0.326 e. The number of ether oxygens (including phenoxy) is 2. The maximum Gasteiger partial charge on any atom is 0.326 e. The van der Waals surface area contributed by atoms with Gasteiger partial charge in [-0.15, -0.1) is 0 Å². The van der Waals surface area contributed by atoms with E-state index in [2.05, 4.69) is 32.9 Å². The molecule has 4 N–H and O–H groups in total. The molecule has 7 aromatic rings. The molecular formula is C54H57N5O7S. The molecule has 0 bridgehead atoms. The minimum Gasteiger partial charge on any atom is -0.392 e. The van der Waals surface area contributed by atoms with Crippen molar-refractivity contribution >= 4 is 27.0 Å². The summed E-state index contributed by atoms with van der Waals surface area (Å²) in [6.07, 6.45) is 0.759. The minimum atomic E-state index is -3.99. The van der Waals surface area contributed by atoms with Crippen LogP contribution >= 0.6 is 0 Å². The topological polar surface area (TPSA) is 155 Å². The summed E-state index contributed by atoms with van der Waals surface area (Å²) in [5.74, 6) is -0.428. The molecule has 67 heavy (non-hydrogen) atoms. The average molecular weight is 920 g/mol. The fourth-order valence-corrected chi connectivity index (χ4v) is 10.6. The van der Waals surface area contributed by atoms with Gasteiger partial charge in [-0.3, -0.25) is 9.36 Å². The largest absolute Gasteiger partial charge is 0.392 e. The van der Waals surface area contributed by atoms with Crippen LogP contribution in [0.5, 0.6) is 0 Å². The molecule has 12 nitrogen and oxygen atoms in total. The molecule has 346 valence electrons. The van der Waals surface area contributed by atoms with Crippen LogP contribution in [-0.2, 0) is 43.9 Å². The van der Waals surface area contributed by atoms with Crippen molar-refractivity contribution in [2.45, 2.75) is 81.7 Å². The lowest BCUT2D eigenvalue weighted by Gasteiger charge is -2.44. The van der Waals surface area contributed by atoms with E-state index < -0.39 is 28.3 Å². The number of imidazole rings is 1. The number of benzene rings is 6. The monoisotopic (exact) mass is 919 g/mol. The van der Waals surface area contributed by atoms with Crippen molar-refractivity contribution in [1.29, 1.82) is 0 Å². The van der Waals surface area contributed by atoms with Crippen molar-refractivity contribution in [1.82, 2.24) is 24.5 Å². The number of likely N-dealkylation sites (tertiary alicyclic amines) is 1. The predicted molar refractivity (Wildman–Crippen MR) is 259 cm³/mol. The number of aromatic nitrogens is 2. The quantitative estimate of drug-likeness (QED) is 0.0804. The first-order valence-corrected chi connectivity index (χ1v) is 24.5. The van der Waals surface area contributed by atoms with Crippen molar-refractivity contribution in [3.63, 3.8) is 0 Å². The second-order valence-corrected chi connectivity index (χ2v) is 19.6. The van der Waals surface area contributed by atoms with E-state index in [0.29, 0.717) is 6.54 Å². The Balaban J connectivity index is 0.904. The van der Waals surface area contributed by atoms with Gasteiger partial charge in [0.2, 0.25) is 15.9 Å². The second kappa shape index (κ2) is 20.4. The fourth-order valence-electron chi connectivity index (χ4n) is 9.43. The molecular weight excluding hydrogens is 863 g/mol. The Hall–Kier alpha value is -6.19. The molecule has 6 aromatic carbocycles. The average Bonchev–Trinajstić information content (AvgIpc) is 3.70. The highest BCUT2D eigenvalue weighted by atomic mass is 32.2. The molecule has 2 saturated heterocycles. The van der Waals surface area contributed by atoms with Gasteiger partial charge in [0.05, 0.1) is 34.7 Å². The summed E-state index contributed by atoms with van der Waals surface area (Å²) in [7, 11) is -3.99. The summed E-state index contributed by atoms with van der Waals surface area (Å²) in [5, 5.41) is 12.8. The van der Waals surface area contributed by atoms with E-state index in [0.717, 1.165) is 81.5 Å². The van der Waals surface area contributed by atoms with E-state index >= 15 is 0 Å². The van der Waals surface area contributed by atoms with Gasteiger partial charge in [0.25, 0.3) is 0 Å². The fraction of sp³-hybridized carbons (Fsp3) is 0.296. The van der Waals surface area contributed by atoms with Crippen molar-refractivity contribution in [2.24, 2.45) is 5.92 Å². The number of para-hydroxylation sites is 2. The van der Waals surface area contributed by atoms with Gasteiger partial charge in [-0.25, -0.2) is 13.2 Å². The van der Waals surface area contributed by atoms with Crippen LogP contribution in [0.3, 0.4) is 0 Å². The number of H-pyrrole nitrogens is 1. The van der Waals surface area contributed by atoms with Crippen LogP contribution in [0.2, 0.25) is 0 Å². The van der Waals surface area contributed by atoms with Gasteiger partial charge in [0.15, 0.2) is 6.29 Å². The summed E-state index contributed by atoms with van der Waals surface area (Å²) in [5.41, 5.74) is 8.93. The summed E-state index contributed by atoms with van der Waals surface area (Å²) in [6, 6.07) is 46.8. The molecule has 3 heterocycles. The predicted octanol–water partition coefficient (Wildman–Crippen LogP) is 8.13. The highest BCUT2D eigenvalue weighted by Gasteiger charge is 2.40. The van der Waals surface area contributed by atoms with Gasteiger partial charge >= 0.3 is 5.69 Å². The van der Waals surface area contributed by atoms with E-state index in [1.807, 2.05) is 133 Å². The minimum absolute atomic E-state index is 0.00506. The van der Waals surface area contributed by atoms with E-state index in [4.69, 9.17) is 9.47 Å². The number of nitrogens with zero attached hydrogens (tertiary/aromatic N) is 2. The molecule has 13 heteroatoms. The van der Waals surface area contributed by atoms with Crippen LogP contribution < -0.4 is 15.7 Å². The zero-order valence-electron chi connectivity index (χ0n) is 37.8. The van der Waals surface area contributed by atoms with E-state index in [1.54, 1.807) is 24.3 Å². The molecule has 9 rings (SSSR count). The molecule has 2 aliphatic rings. The zero-order chi connectivity index (χ0) is 46.5. The zero-order valence-corrected chi connectivity index (χ0v) is 38.6. The van der Waals surface area contributed by atoms with Gasteiger partial charge in [-0.1, -0.05) is 128 Å². The van der Waals surface area contributed by atoms with Crippen LogP contribution in [0.25, 0.3) is 22.2 Å². The van der Waals surface area contributed by atoms with Crippen LogP contribution in [0.4, 0.5) is 0 Å². The number of fused-ring (bicyclic) bond motifs is 1. The first-order chi connectivity index (χ1) is 32.5. The second-order valence-electron chi connectivity index (χ2n) is 17.9. The SMILES string of the molecule is Cc1ccc(S(=O)(=O)N[C@H](Cc2ccccc2)C(=O)NCc2cccc(-c3cccc([C@@H]4O[C@H](CN5CCC(n6c(=O)[nH]c7ccccc76)CC5)[C@H](C)[C@H](c5ccc(CO)cc5)O4)c3)c2)cc1. The Morgan fingerprint density at radius 3 is 2.21 bits per heavy atom. The molecule has 2 fully saturated rings. The third-order valence-electron chi connectivity index (χ3n) is 13.2. The lowest BCUT2D eigenvalue weighted by atomic mass is 9.89. The van der Waals surface area contributed by atoms with Crippen LogP contribution in [0, 0.1) is 12.8 Å². The number of amides is 1. The van der Waals surface area contributed by atoms with Gasteiger partial charge in [0.1, 0.15) is 6.04 Å². The summed E-state index contributed by atoms with van der Waals surface area (Å²) in [6.45, 7) is 6.56. The van der Waals surface area contributed by atoms with E-state index in [9.17, 15) is 23.1 Å². The number of aliphatic hydroxyl groups excluding tert-OH is 1. The molecule has 5 atom stereocenters. The molecule has 1 amide bonds. The lowest BCUT2D eigenvalue weighted by Crippen LogP contribution is -2.47. The Morgan fingerprint density at radius 2 is 1.46 bits per heavy atom. The Bertz CT molecular complexity index is 2970. The van der Waals surface area contributed by atoms with Crippen molar-refractivity contribution in [3.05, 3.63) is 196 Å². The molecule has 0 unspecified atom stereocenters. The van der Waals surface area contributed by atoms with Gasteiger partial charge in [0, 0.05) is 43.7 Å². The first kappa shape index (κ1) is 45.9. The number of hydrogen-bond acceptors (Lipinski definition) is 8. The number of aromatic amines is 1. The number of piperidine rings is 1. The number of carbonyl (C=O) groups excluding carboxylic acids is 1. The van der Waals surface area contributed by atoms with Gasteiger partial charge in [-0.2, -0.15) is 4.72 Å². The van der Waals surface area contributed by atoms with Gasteiger partial charge in [-0.05, 0) is 96.0 Å². The van der Waals surface area contributed by atoms with E-state index in [-0.39, 0.29) is 54.3 Å². The first-order valence-electron chi connectivity index (χ1n) is 23.0. The third-order valence-corrected chi connectivity index (χ3v) is 14.7. The number of rotatable bonds is 15. The third kappa shape index (κ3) is 10.7. The van der Waals surface area contributed by atoms with Crippen molar-refractivity contribution < 1.29 is 27.8 Å². The molecule has 0 aliphatic carbocycles. The highest BCUT2D eigenvalue weighted by Crippen LogP contribution is 2.43. The summed E-state index contributed by atoms with van der Waals surface area (Å²) < 4.78 is 45.3. The van der Waals surface area contributed by atoms with Crippen LogP contribution in [0.1, 0.15) is 71.6 Å². The standard InChI is InChI=1S/C54H57N5O7S/c1-36-18-24-46(25-19-36)67(63,64)57-48(31-38-10-4-3-5-11-38)52(61)55-33-40-12-8-13-42(30-40)43-14-9-15-44(32-43)53-65-50(37(2)51(66-53)41-22-20-39(35-60)21-23-41)34-58-28-26-45(27-29-58)59-49-17-7-6-16-47(49)56-54(59)62/h3-25,30,32,37,45,48,50-51,53,57,60H,26-29,31,33-35H2,1-2H3,(H,55,61)(H,56,62)/t37-,48+,50+,51+,53+/m0/s1. The number of nitrogens with one attached hydrogen (secondary N) is 3. The van der Waals surface area contributed by atoms with Crippen LogP contribution in [-0.4, -0.2) is 65.7 Å². The Kier molecular flexibility index (Phi) is 14.0. The van der Waals surface area contributed by atoms with E-state index in [1.165, 1.54) is 0 Å². The molecule has 0 spiro atoms. The highest BCUT2D eigenvalue weighted by molar-refractivity contribution is 7.89. The van der Waals surface area contributed by atoms with Gasteiger partial charge < -0.3 is 29.8 Å². The normalized spacial score (nSPS) is 19.9. The van der Waals surface area contributed by atoms with Crippen molar-refractivity contribution in [2.75, 3.05) is 19.6 Å². The Morgan fingerprint density at radius 1 is 0.776 bits per heavy atom. The number of hydrogen-bond donors (Lipinski definition) is 4.